The highest BCUT2D eigenvalue weighted by molar-refractivity contribution is 9.10. The van der Waals surface area contributed by atoms with Crippen molar-refractivity contribution in [2.45, 2.75) is 0 Å². The summed E-state index contributed by atoms with van der Waals surface area (Å²) >= 11 is 3.49. The molecule has 0 saturated heterocycles. The summed E-state index contributed by atoms with van der Waals surface area (Å²) < 4.78 is 11.6. The Kier molecular flexibility index (Phi) is 5.53. The summed E-state index contributed by atoms with van der Waals surface area (Å²) in [5.74, 6) is 1.08. The fourth-order valence-corrected chi connectivity index (χ4v) is 3.21. The van der Waals surface area contributed by atoms with Gasteiger partial charge in [-0.1, -0.05) is 40.2 Å². The molecule has 6 heteroatoms. The average Bonchev–Trinajstić information content (AvgIpc) is 2.79. The summed E-state index contributed by atoms with van der Waals surface area (Å²) in [6.45, 7) is 0. The van der Waals surface area contributed by atoms with Crippen LogP contribution in [0.1, 0.15) is 0 Å². The number of hydrogen-bond acceptors (Lipinski definition) is 5. The molecule has 4 rings (SSSR count). The minimum atomic E-state index is 0.541. The van der Waals surface area contributed by atoms with Crippen molar-refractivity contribution in [3.05, 3.63) is 77.3 Å². The second kappa shape index (κ2) is 8.41. The molecule has 0 saturated carbocycles. The van der Waals surface area contributed by atoms with Gasteiger partial charge in [0.2, 0.25) is 11.8 Å². The van der Waals surface area contributed by atoms with Gasteiger partial charge in [0, 0.05) is 16.6 Å². The van der Waals surface area contributed by atoms with Crippen LogP contribution in [0.25, 0.3) is 33.9 Å². The topological polar surface area (TPSA) is 57.1 Å². The maximum Gasteiger partial charge on any atom is 0.213 e. The van der Waals surface area contributed by atoms with E-state index in [1.54, 1.807) is 14.2 Å². The van der Waals surface area contributed by atoms with Crippen molar-refractivity contribution in [1.82, 2.24) is 15.0 Å². The molecule has 0 radical (unpaired) electrons. The molecule has 3 heterocycles. The van der Waals surface area contributed by atoms with Crippen LogP contribution in [-0.4, -0.2) is 29.2 Å². The third-order valence-corrected chi connectivity index (χ3v) is 4.92. The highest BCUT2D eigenvalue weighted by Gasteiger charge is 2.12. The molecular weight excluding hydrogens is 430 g/mol. The number of aromatic nitrogens is 3. The van der Waals surface area contributed by atoms with Gasteiger partial charge in [0.15, 0.2) is 0 Å². The van der Waals surface area contributed by atoms with Gasteiger partial charge in [0.1, 0.15) is 0 Å². The third-order valence-electron chi connectivity index (χ3n) is 4.39. The molecule has 0 aliphatic rings. The van der Waals surface area contributed by atoms with E-state index in [9.17, 15) is 0 Å². The summed E-state index contributed by atoms with van der Waals surface area (Å²) in [6, 6.07) is 23.5. The molecule has 0 atom stereocenters. The first-order valence-corrected chi connectivity index (χ1v) is 9.76. The number of benzene rings is 1. The van der Waals surface area contributed by atoms with Gasteiger partial charge in [0.25, 0.3) is 0 Å². The lowest BCUT2D eigenvalue weighted by molar-refractivity contribution is 0.398. The molecular formula is C23H18BrN3O2. The number of hydrogen-bond donors (Lipinski definition) is 0. The van der Waals surface area contributed by atoms with E-state index in [-0.39, 0.29) is 0 Å². The van der Waals surface area contributed by atoms with Crippen molar-refractivity contribution < 1.29 is 9.47 Å². The van der Waals surface area contributed by atoms with Gasteiger partial charge in [-0.05, 0) is 47.5 Å². The van der Waals surface area contributed by atoms with E-state index in [0.717, 1.165) is 38.4 Å². The normalized spacial score (nSPS) is 10.6. The number of pyridine rings is 3. The van der Waals surface area contributed by atoms with Crippen molar-refractivity contribution in [3.8, 4) is 45.7 Å². The van der Waals surface area contributed by atoms with Crippen molar-refractivity contribution >= 4 is 15.9 Å². The van der Waals surface area contributed by atoms with Gasteiger partial charge in [-0.2, -0.15) is 0 Å². The Hall–Kier alpha value is -3.25. The van der Waals surface area contributed by atoms with Crippen molar-refractivity contribution in [1.29, 1.82) is 0 Å². The second-order valence-corrected chi connectivity index (χ2v) is 7.18. The first-order chi connectivity index (χ1) is 14.2. The highest BCUT2D eigenvalue weighted by Crippen LogP contribution is 2.30. The summed E-state index contributed by atoms with van der Waals surface area (Å²) in [5, 5.41) is 0. The highest BCUT2D eigenvalue weighted by atomic mass is 79.9. The van der Waals surface area contributed by atoms with Gasteiger partial charge in [-0.25, -0.2) is 15.0 Å². The molecule has 0 fully saturated rings. The maximum atomic E-state index is 5.28. The van der Waals surface area contributed by atoms with Gasteiger partial charge in [-0.15, -0.1) is 0 Å². The smallest absolute Gasteiger partial charge is 0.213 e. The molecule has 3 aromatic heterocycles. The Bertz CT molecular complexity index is 1080. The van der Waals surface area contributed by atoms with E-state index in [1.807, 2.05) is 60.7 Å². The molecule has 4 aromatic rings. The second-order valence-electron chi connectivity index (χ2n) is 6.26. The van der Waals surface area contributed by atoms with E-state index in [4.69, 9.17) is 14.5 Å². The minimum Gasteiger partial charge on any atom is -0.481 e. The predicted octanol–water partition coefficient (Wildman–Crippen LogP) is 5.65. The number of nitrogens with zero attached hydrogens (tertiary/aromatic N) is 3. The van der Waals surface area contributed by atoms with Gasteiger partial charge in [-0.3, -0.25) is 0 Å². The maximum absolute atomic E-state index is 5.28. The fraction of sp³-hybridized carbons (Fsp3) is 0.0870. The Morgan fingerprint density at radius 2 is 1.10 bits per heavy atom. The van der Waals surface area contributed by atoms with Gasteiger partial charge in [0.05, 0.1) is 37.0 Å². The number of methoxy groups -OCH3 is 2. The number of halogens is 1. The van der Waals surface area contributed by atoms with Crippen molar-refractivity contribution in [2.75, 3.05) is 14.2 Å². The van der Waals surface area contributed by atoms with Crippen LogP contribution in [0.2, 0.25) is 0 Å². The Morgan fingerprint density at radius 3 is 1.59 bits per heavy atom. The number of rotatable bonds is 5. The molecule has 0 amide bonds. The summed E-state index contributed by atoms with van der Waals surface area (Å²) in [7, 11) is 3.20. The van der Waals surface area contributed by atoms with Crippen LogP contribution in [-0.2, 0) is 0 Å². The quantitative estimate of drug-likeness (QED) is 0.395. The zero-order valence-electron chi connectivity index (χ0n) is 16.0. The Morgan fingerprint density at radius 1 is 0.586 bits per heavy atom. The van der Waals surface area contributed by atoms with Crippen LogP contribution >= 0.6 is 15.9 Å². The molecule has 29 heavy (non-hydrogen) atoms. The van der Waals surface area contributed by atoms with Crippen LogP contribution in [0, 0.1) is 0 Å². The van der Waals surface area contributed by atoms with Crippen molar-refractivity contribution in [3.63, 3.8) is 0 Å². The molecule has 0 aliphatic heterocycles. The molecule has 5 nitrogen and oxygen atoms in total. The first kappa shape index (κ1) is 19.1. The molecule has 144 valence electrons. The monoisotopic (exact) mass is 447 g/mol. The van der Waals surface area contributed by atoms with Crippen LogP contribution in [0.15, 0.2) is 77.3 Å². The lowest BCUT2D eigenvalue weighted by Gasteiger charge is -2.10. The van der Waals surface area contributed by atoms with Gasteiger partial charge < -0.3 is 9.47 Å². The van der Waals surface area contributed by atoms with Crippen LogP contribution in [0.3, 0.4) is 0 Å². The molecule has 0 N–H and O–H groups in total. The molecule has 0 aliphatic carbocycles. The predicted molar refractivity (Wildman–Crippen MR) is 117 cm³/mol. The van der Waals surface area contributed by atoms with E-state index in [1.165, 1.54) is 0 Å². The SMILES string of the molecule is COc1cccc(-c2cc(-c3ccc(Br)cc3)cc(-c3cccc(OC)n3)n2)n1. The fourth-order valence-electron chi connectivity index (χ4n) is 2.94. The van der Waals surface area contributed by atoms with Crippen molar-refractivity contribution in [2.24, 2.45) is 0 Å². The standard InChI is InChI=1S/C23H18BrN3O2/c1-28-22-7-3-5-18(26-22)20-13-16(15-9-11-17(24)12-10-15)14-21(25-20)19-6-4-8-23(27-19)29-2/h3-14H,1-2H3. The van der Waals surface area contributed by atoms with E-state index in [0.29, 0.717) is 11.8 Å². The summed E-state index contributed by atoms with van der Waals surface area (Å²) in [5.41, 5.74) is 5.03. The molecule has 0 spiro atoms. The lowest BCUT2D eigenvalue weighted by atomic mass is 10.0. The Balaban J connectivity index is 1.90. The van der Waals surface area contributed by atoms with Crippen LogP contribution in [0.4, 0.5) is 0 Å². The lowest BCUT2D eigenvalue weighted by Crippen LogP contribution is -1.96. The van der Waals surface area contributed by atoms with Crippen LogP contribution in [0.5, 0.6) is 11.8 Å². The largest absolute Gasteiger partial charge is 0.481 e. The van der Waals surface area contributed by atoms with Gasteiger partial charge >= 0.3 is 0 Å². The first-order valence-electron chi connectivity index (χ1n) is 8.97. The Labute approximate surface area is 177 Å². The van der Waals surface area contributed by atoms with E-state index < -0.39 is 0 Å². The zero-order valence-corrected chi connectivity index (χ0v) is 17.6. The third kappa shape index (κ3) is 4.27. The molecule has 1 aromatic carbocycles. The molecule has 0 bridgehead atoms. The molecule has 0 unspecified atom stereocenters. The van der Waals surface area contributed by atoms with E-state index >= 15 is 0 Å². The average molecular weight is 448 g/mol. The zero-order chi connectivity index (χ0) is 20.2. The van der Waals surface area contributed by atoms with Crippen LogP contribution < -0.4 is 9.47 Å². The number of ether oxygens (including phenoxy) is 2. The minimum absolute atomic E-state index is 0.541. The van der Waals surface area contributed by atoms with E-state index in [2.05, 4.69) is 38.0 Å². The summed E-state index contributed by atoms with van der Waals surface area (Å²) in [4.78, 5) is 13.9. The summed E-state index contributed by atoms with van der Waals surface area (Å²) in [6.07, 6.45) is 0.